The van der Waals surface area contributed by atoms with E-state index in [1.54, 1.807) is 13.0 Å². The third-order valence-corrected chi connectivity index (χ3v) is 17.3. The van der Waals surface area contributed by atoms with E-state index in [9.17, 15) is 65.1 Å². The molecule has 20 atom stereocenters. The molecule has 17 nitrogen and oxygen atoms in total. The van der Waals surface area contributed by atoms with Crippen molar-refractivity contribution < 1.29 is 84.1 Å². The van der Waals surface area contributed by atoms with E-state index in [4.69, 9.17) is 18.9 Å². The summed E-state index contributed by atoms with van der Waals surface area (Å²) in [4.78, 5) is 51.4. The quantitative estimate of drug-likeness (QED) is 0.163. The minimum absolute atomic E-state index is 0.0510. The topological polar surface area (TPSA) is 287 Å². The number of hydrogen-bond donors (Lipinski definition) is 9. The first-order valence-corrected chi connectivity index (χ1v) is 20.9. The zero-order valence-electron chi connectivity index (χ0n) is 34.7. The highest BCUT2D eigenvalue weighted by molar-refractivity contribution is 5.96. The molecule has 4 saturated carbocycles. The van der Waals surface area contributed by atoms with Crippen molar-refractivity contribution in [2.24, 2.45) is 50.2 Å². The molecule has 2 saturated heterocycles. The van der Waals surface area contributed by atoms with Crippen LogP contribution < -0.4 is 0 Å². The molecule has 0 unspecified atom stereocenters. The second-order valence-electron chi connectivity index (χ2n) is 20.6. The Labute approximate surface area is 342 Å². The number of aliphatic carboxylic acids is 3. The highest BCUT2D eigenvalue weighted by atomic mass is 16.8. The molecule has 17 heteroatoms. The number of ether oxygens (including phenoxy) is 4. The van der Waals surface area contributed by atoms with Gasteiger partial charge in [0, 0.05) is 11.8 Å². The maximum Gasteiger partial charge on any atom is 0.335 e. The first-order valence-electron chi connectivity index (χ1n) is 20.9. The van der Waals surface area contributed by atoms with Crippen molar-refractivity contribution >= 4 is 23.7 Å². The predicted molar refractivity (Wildman–Crippen MR) is 201 cm³/mol. The molecule has 7 aliphatic rings. The van der Waals surface area contributed by atoms with Crippen LogP contribution >= 0.6 is 0 Å². The van der Waals surface area contributed by atoms with Crippen molar-refractivity contribution in [2.45, 2.75) is 173 Å². The van der Waals surface area contributed by atoms with Crippen LogP contribution in [0, 0.1) is 50.2 Å². The molecular formula is C42H62O17. The summed E-state index contributed by atoms with van der Waals surface area (Å²) in [5.41, 5.74) is -3.25. The van der Waals surface area contributed by atoms with Gasteiger partial charge in [0.05, 0.1) is 17.6 Å². The van der Waals surface area contributed by atoms with Crippen LogP contribution in [0.2, 0.25) is 0 Å². The number of hydrogen-bond acceptors (Lipinski definition) is 14. The summed E-state index contributed by atoms with van der Waals surface area (Å²) in [6.45, 7) is 14.2. The summed E-state index contributed by atoms with van der Waals surface area (Å²) in [6, 6.07) is 0. The molecule has 0 bridgehead atoms. The van der Waals surface area contributed by atoms with Crippen molar-refractivity contribution in [2.75, 3.05) is 0 Å². The Kier molecular flexibility index (Phi) is 10.9. The van der Waals surface area contributed by atoms with Gasteiger partial charge in [0.2, 0.25) is 0 Å². The van der Waals surface area contributed by atoms with Gasteiger partial charge < -0.3 is 64.9 Å². The molecule has 9 N–H and O–H groups in total. The Balaban J connectivity index is 1.18. The molecule has 5 aliphatic carbocycles. The normalized spacial score (nSPS) is 53.1. The molecule has 2 heterocycles. The van der Waals surface area contributed by atoms with E-state index in [-0.39, 0.29) is 17.1 Å². The van der Waals surface area contributed by atoms with E-state index in [1.165, 1.54) is 0 Å². The Morgan fingerprint density at radius 2 is 1.25 bits per heavy atom. The maximum atomic E-state index is 14.9. The SMILES string of the molecule is CC1(C)[C@@H](O[C@@H]2O[C@H](C(=O)O)[C@@H](O)[C@H](O)[C@H]2O[C@@H]2O[C@H](C(=O)O)[C@@H](O)[C@H](O)[C@H]2O)CC[C@]2(C)[C@H]3C(=O)C=C4[C@@H]5[C@@H](O)[C@@](C)(C(=O)O)CC[C@]5(C)CC[C@@]4(C)[C@]3(C)CC[C@@H]12. The maximum absolute atomic E-state index is 14.9. The van der Waals surface area contributed by atoms with Crippen molar-refractivity contribution in [3.63, 3.8) is 0 Å². The molecule has 6 fully saturated rings. The number of carbonyl (C=O) groups is 4. The fourth-order valence-electron chi connectivity index (χ4n) is 13.5. The first kappa shape index (κ1) is 44.5. The lowest BCUT2D eigenvalue weighted by atomic mass is 9.33. The van der Waals surface area contributed by atoms with Crippen molar-refractivity contribution in [3.8, 4) is 0 Å². The van der Waals surface area contributed by atoms with Crippen LogP contribution in [-0.2, 0) is 38.1 Å². The molecule has 332 valence electrons. The van der Waals surface area contributed by atoms with Gasteiger partial charge in [0.1, 0.15) is 36.6 Å². The van der Waals surface area contributed by atoms with Gasteiger partial charge in [-0.2, -0.15) is 0 Å². The van der Waals surface area contributed by atoms with Gasteiger partial charge in [-0.1, -0.05) is 47.1 Å². The Hall–Kier alpha value is -2.58. The third-order valence-electron chi connectivity index (χ3n) is 17.3. The van der Waals surface area contributed by atoms with Gasteiger partial charge in [-0.15, -0.1) is 0 Å². The number of carbonyl (C=O) groups excluding carboxylic acids is 1. The van der Waals surface area contributed by atoms with E-state index in [2.05, 4.69) is 27.7 Å². The van der Waals surface area contributed by atoms with E-state index >= 15 is 0 Å². The molecule has 0 amide bonds. The Bertz CT molecular complexity index is 1770. The zero-order valence-corrected chi connectivity index (χ0v) is 34.7. The highest BCUT2D eigenvalue weighted by Gasteiger charge is 2.72. The molecule has 0 aromatic rings. The van der Waals surface area contributed by atoms with Crippen LogP contribution in [0.5, 0.6) is 0 Å². The van der Waals surface area contributed by atoms with Crippen molar-refractivity contribution in [1.29, 1.82) is 0 Å². The smallest absolute Gasteiger partial charge is 0.335 e. The number of rotatable bonds is 7. The van der Waals surface area contributed by atoms with Crippen molar-refractivity contribution in [3.05, 3.63) is 11.6 Å². The first-order chi connectivity index (χ1) is 27.2. The van der Waals surface area contributed by atoms with Gasteiger partial charge in [-0.3, -0.25) is 9.59 Å². The molecule has 0 aromatic heterocycles. The Morgan fingerprint density at radius 1 is 0.678 bits per heavy atom. The molecule has 0 spiro atoms. The minimum Gasteiger partial charge on any atom is -0.481 e. The van der Waals surface area contributed by atoms with E-state index in [0.29, 0.717) is 38.5 Å². The van der Waals surface area contributed by atoms with Crippen molar-refractivity contribution in [1.82, 2.24) is 0 Å². The summed E-state index contributed by atoms with van der Waals surface area (Å²) in [5, 5.41) is 94.9. The molecule has 2 aliphatic heterocycles. The number of aliphatic hydroxyl groups excluding tert-OH is 6. The number of fused-ring (bicyclic) bond motifs is 7. The lowest BCUT2D eigenvalue weighted by molar-refractivity contribution is -0.371. The number of aliphatic hydroxyl groups is 6. The average molecular weight is 839 g/mol. The van der Waals surface area contributed by atoms with E-state index in [1.807, 2.05) is 13.8 Å². The van der Waals surface area contributed by atoms with E-state index < -0.39 is 130 Å². The number of ketones is 1. The lowest BCUT2D eigenvalue weighted by Gasteiger charge is -2.71. The molecular weight excluding hydrogens is 776 g/mol. The monoisotopic (exact) mass is 838 g/mol. The summed E-state index contributed by atoms with van der Waals surface area (Å²) in [6.07, 6.45) is -15.2. The highest BCUT2D eigenvalue weighted by Crippen LogP contribution is 2.75. The predicted octanol–water partition coefficient (Wildman–Crippen LogP) is 1.22. The molecule has 0 radical (unpaired) electrons. The second-order valence-corrected chi connectivity index (χ2v) is 20.6. The van der Waals surface area contributed by atoms with Gasteiger partial charge in [0.15, 0.2) is 30.6 Å². The lowest BCUT2D eigenvalue weighted by Crippen LogP contribution is -2.68. The zero-order chi connectivity index (χ0) is 43.7. The fraction of sp³-hybridized carbons (Fsp3) is 0.857. The summed E-state index contributed by atoms with van der Waals surface area (Å²) >= 11 is 0. The fourth-order valence-corrected chi connectivity index (χ4v) is 13.5. The van der Waals surface area contributed by atoms with Crippen LogP contribution in [0.15, 0.2) is 11.6 Å². The largest absolute Gasteiger partial charge is 0.481 e. The Morgan fingerprint density at radius 3 is 1.85 bits per heavy atom. The van der Waals surface area contributed by atoms with Gasteiger partial charge in [-0.05, 0) is 97.4 Å². The molecule has 7 rings (SSSR count). The van der Waals surface area contributed by atoms with E-state index in [0.717, 1.165) is 18.4 Å². The van der Waals surface area contributed by atoms with Gasteiger partial charge >= 0.3 is 17.9 Å². The third kappa shape index (κ3) is 6.30. The minimum atomic E-state index is -2.07. The number of carboxylic acid groups (broad SMARTS) is 3. The summed E-state index contributed by atoms with van der Waals surface area (Å²) in [7, 11) is 0. The van der Waals surface area contributed by atoms with Gasteiger partial charge in [0.25, 0.3) is 0 Å². The number of allylic oxidation sites excluding steroid dienone is 1. The van der Waals surface area contributed by atoms with Gasteiger partial charge in [-0.25, -0.2) is 9.59 Å². The summed E-state index contributed by atoms with van der Waals surface area (Å²) < 4.78 is 23.3. The van der Waals surface area contributed by atoms with Crippen LogP contribution in [0.25, 0.3) is 0 Å². The molecule has 59 heavy (non-hydrogen) atoms. The van der Waals surface area contributed by atoms with Crippen LogP contribution in [0.3, 0.4) is 0 Å². The van der Waals surface area contributed by atoms with Crippen LogP contribution in [0.1, 0.15) is 99.8 Å². The number of carboxylic acids is 3. The average Bonchev–Trinajstić information content (AvgIpc) is 3.14. The molecule has 0 aromatic carbocycles. The van der Waals surface area contributed by atoms with Crippen LogP contribution in [0.4, 0.5) is 0 Å². The van der Waals surface area contributed by atoms with Crippen LogP contribution in [-0.4, -0.2) is 143 Å². The standard InChI is InChI=1S/C42H62O17/c1-37(2)19-8-11-42(7)30(18(43)16-17-21-31(49)40(5,36(54)55)14-12-38(21,3)13-15-41(17,42)6)39(19,4)10-9-20(37)56-35-29(25(47)24(46)28(58-35)33(52)53)59-34-26(48)22(44)23(45)27(57-34)32(50)51/h16,19-31,34-35,44-49H,8-15H2,1-7H3,(H,50,51)(H,52,53)(H,54,55)/t19-,20-,21+,22-,23-,24-,25-,26+,27-,28-,29+,30+,31+,34-,35+,38+,39-,40-,41+,42+/m0/s1. The second kappa shape index (κ2) is 14.5. The summed E-state index contributed by atoms with van der Waals surface area (Å²) in [5.74, 6) is -5.49.